The zero-order chi connectivity index (χ0) is 13.3. The number of sulfonamides is 1. The summed E-state index contributed by atoms with van der Waals surface area (Å²) in [6.07, 6.45) is 1.83. The summed E-state index contributed by atoms with van der Waals surface area (Å²) in [5, 5.41) is 9.13. The molecule has 1 atom stereocenters. The van der Waals surface area contributed by atoms with Gasteiger partial charge in [-0.3, -0.25) is 0 Å². The third kappa shape index (κ3) is 2.30. The minimum Gasteiger partial charge on any atom is -0.392 e. The fraction of sp³-hybridized carbons (Fsp3) is 0.538. The molecule has 18 heavy (non-hydrogen) atoms. The van der Waals surface area contributed by atoms with E-state index in [2.05, 4.69) is 0 Å². The lowest BCUT2D eigenvalue weighted by molar-refractivity contribution is 0.281. The van der Waals surface area contributed by atoms with E-state index in [0.717, 1.165) is 18.4 Å². The van der Waals surface area contributed by atoms with E-state index in [1.165, 1.54) is 0 Å². The van der Waals surface area contributed by atoms with Crippen LogP contribution < -0.4 is 0 Å². The number of rotatable bonds is 3. The lowest BCUT2D eigenvalue weighted by Crippen LogP contribution is -2.34. The Morgan fingerprint density at radius 1 is 1.44 bits per heavy atom. The van der Waals surface area contributed by atoms with Crippen LogP contribution in [0.25, 0.3) is 0 Å². The Hall–Kier alpha value is -0.910. The molecule has 0 spiro atoms. The Morgan fingerprint density at radius 2 is 2.17 bits per heavy atom. The van der Waals surface area contributed by atoms with Crippen LogP contribution in [-0.4, -0.2) is 30.4 Å². The van der Waals surface area contributed by atoms with E-state index in [1.54, 1.807) is 29.4 Å². The van der Waals surface area contributed by atoms with Crippen molar-refractivity contribution in [2.24, 2.45) is 0 Å². The number of aliphatic hydroxyl groups is 1. The molecule has 0 aliphatic carbocycles. The van der Waals surface area contributed by atoms with Crippen molar-refractivity contribution in [2.45, 2.75) is 44.2 Å². The molecule has 2 rings (SSSR count). The second kappa shape index (κ2) is 4.99. The van der Waals surface area contributed by atoms with Crippen molar-refractivity contribution >= 4 is 10.0 Å². The summed E-state index contributed by atoms with van der Waals surface area (Å²) >= 11 is 0. The molecule has 1 unspecified atom stereocenters. The predicted molar refractivity (Wildman–Crippen MR) is 69.7 cm³/mol. The Labute approximate surface area is 108 Å². The third-order valence-electron chi connectivity index (χ3n) is 3.51. The molecule has 1 saturated heterocycles. The molecule has 0 radical (unpaired) electrons. The molecule has 0 amide bonds. The van der Waals surface area contributed by atoms with Crippen molar-refractivity contribution in [1.82, 2.24) is 4.31 Å². The molecule has 100 valence electrons. The quantitative estimate of drug-likeness (QED) is 0.908. The molecule has 0 aromatic heterocycles. The van der Waals surface area contributed by atoms with Gasteiger partial charge in [-0.05, 0) is 43.9 Å². The highest BCUT2D eigenvalue weighted by molar-refractivity contribution is 7.89. The first kappa shape index (κ1) is 13.5. The summed E-state index contributed by atoms with van der Waals surface area (Å²) in [6.45, 7) is 4.18. The fourth-order valence-electron chi connectivity index (χ4n) is 2.41. The van der Waals surface area contributed by atoms with E-state index >= 15 is 0 Å². The monoisotopic (exact) mass is 269 g/mol. The summed E-state index contributed by atoms with van der Waals surface area (Å²) in [7, 11) is -3.43. The number of aliphatic hydroxyl groups excluding tert-OH is 1. The molecule has 1 aromatic carbocycles. The Morgan fingerprint density at radius 3 is 2.72 bits per heavy atom. The van der Waals surface area contributed by atoms with Crippen LogP contribution >= 0.6 is 0 Å². The van der Waals surface area contributed by atoms with Crippen LogP contribution in [0.15, 0.2) is 23.1 Å². The first-order valence-corrected chi connectivity index (χ1v) is 7.63. The summed E-state index contributed by atoms with van der Waals surface area (Å²) < 4.78 is 26.7. The van der Waals surface area contributed by atoms with E-state index in [1.807, 2.05) is 6.92 Å². The van der Waals surface area contributed by atoms with Gasteiger partial charge in [-0.25, -0.2) is 8.42 Å². The van der Waals surface area contributed by atoms with E-state index in [9.17, 15) is 8.42 Å². The van der Waals surface area contributed by atoms with Gasteiger partial charge in [-0.1, -0.05) is 12.1 Å². The number of aryl methyl sites for hydroxylation is 1. The lowest BCUT2D eigenvalue weighted by atomic mass is 10.2. The second-order valence-corrected chi connectivity index (χ2v) is 6.72. The van der Waals surface area contributed by atoms with Gasteiger partial charge >= 0.3 is 0 Å². The van der Waals surface area contributed by atoms with Gasteiger partial charge in [0.15, 0.2) is 0 Å². The molecule has 4 nitrogen and oxygen atoms in total. The van der Waals surface area contributed by atoms with E-state index in [0.29, 0.717) is 17.0 Å². The predicted octanol–water partition coefficient (Wildman–Crippen LogP) is 1.66. The maximum absolute atomic E-state index is 12.6. The van der Waals surface area contributed by atoms with Gasteiger partial charge < -0.3 is 5.11 Å². The highest BCUT2D eigenvalue weighted by Gasteiger charge is 2.33. The number of hydrogen-bond acceptors (Lipinski definition) is 3. The first-order chi connectivity index (χ1) is 8.46. The summed E-state index contributed by atoms with van der Waals surface area (Å²) in [5.41, 5.74) is 1.36. The lowest BCUT2D eigenvalue weighted by Gasteiger charge is -2.22. The Balaban J connectivity index is 2.46. The largest absolute Gasteiger partial charge is 0.392 e. The average Bonchev–Trinajstić information content (AvgIpc) is 2.76. The van der Waals surface area contributed by atoms with Crippen LogP contribution in [-0.2, 0) is 16.6 Å². The fourth-order valence-corrected chi connectivity index (χ4v) is 4.39. The van der Waals surface area contributed by atoms with Crippen molar-refractivity contribution in [3.8, 4) is 0 Å². The minimum atomic E-state index is -3.43. The molecule has 1 fully saturated rings. The minimum absolute atomic E-state index is 0.0622. The van der Waals surface area contributed by atoms with Crippen LogP contribution in [0.4, 0.5) is 0 Å². The number of benzene rings is 1. The van der Waals surface area contributed by atoms with Crippen molar-refractivity contribution in [1.29, 1.82) is 0 Å². The maximum atomic E-state index is 12.6. The summed E-state index contributed by atoms with van der Waals surface area (Å²) in [5.74, 6) is 0. The normalized spacial score (nSPS) is 21.4. The van der Waals surface area contributed by atoms with Crippen molar-refractivity contribution < 1.29 is 13.5 Å². The molecular weight excluding hydrogens is 250 g/mol. The van der Waals surface area contributed by atoms with Crippen molar-refractivity contribution in [3.05, 3.63) is 29.3 Å². The highest BCUT2D eigenvalue weighted by atomic mass is 32.2. The van der Waals surface area contributed by atoms with E-state index < -0.39 is 10.0 Å². The average molecular weight is 269 g/mol. The van der Waals surface area contributed by atoms with Crippen LogP contribution in [0.2, 0.25) is 0 Å². The van der Waals surface area contributed by atoms with Gasteiger partial charge in [-0.15, -0.1) is 0 Å². The number of hydrogen-bond donors (Lipinski definition) is 1. The second-order valence-electron chi connectivity index (χ2n) is 4.86. The van der Waals surface area contributed by atoms with Gasteiger partial charge in [-0.2, -0.15) is 4.31 Å². The molecule has 1 aliphatic rings. The molecule has 1 N–H and O–H groups in total. The van der Waals surface area contributed by atoms with Crippen molar-refractivity contribution in [2.75, 3.05) is 6.54 Å². The van der Waals surface area contributed by atoms with Gasteiger partial charge in [0.05, 0.1) is 11.5 Å². The zero-order valence-electron chi connectivity index (χ0n) is 10.8. The maximum Gasteiger partial charge on any atom is 0.243 e. The first-order valence-electron chi connectivity index (χ1n) is 6.19. The Bertz CT molecular complexity index is 539. The summed E-state index contributed by atoms with van der Waals surface area (Å²) in [6, 6.07) is 5.14. The zero-order valence-corrected chi connectivity index (χ0v) is 11.6. The third-order valence-corrected chi connectivity index (χ3v) is 5.67. The van der Waals surface area contributed by atoms with E-state index in [4.69, 9.17) is 5.11 Å². The molecule has 1 aliphatic heterocycles. The molecule has 1 aromatic rings. The van der Waals surface area contributed by atoms with Gasteiger partial charge in [0.1, 0.15) is 0 Å². The van der Waals surface area contributed by atoms with Gasteiger partial charge in [0, 0.05) is 12.6 Å². The molecular formula is C13H19NO3S. The smallest absolute Gasteiger partial charge is 0.243 e. The summed E-state index contributed by atoms with van der Waals surface area (Å²) in [4.78, 5) is 0.322. The standard InChI is InChI=1S/C13H19NO3S/c1-10-5-6-12(9-15)8-13(10)18(16,17)14-7-3-4-11(14)2/h5-6,8,11,15H,3-4,7,9H2,1-2H3. The topological polar surface area (TPSA) is 57.6 Å². The Kier molecular flexibility index (Phi) is 3.75. The molecule has 5 heteroatoms. The SMILES string of the molecule is Cc1ccc(CO)cc1S(=O)(=O)N1CCCC1C. The van der Waals surface area contributed by atoms with Gasteiger partial charge in [0.2, 0.25) is 10.0 Å². The molecule has 0 saturated carbocycles. The van der Waals surface area contributed by atoms with E-state index in [-0.39, 0.29) is 12.6 Å². The van der Waals surface area contributed by atoms with Crippen LogP contribution in [0.5, 0.6) is 0 Å². The van der Waals surface area contributed by atoms with Crippen LogP contribution in [0, 0.1) is 6.92 Å². The highest BCUT2D eigenvalue weighted by Crippen LogP contribution is 2.28. The molecule has 0 bridgehead atoms. The molecule has 1 heterocycles. The van der Waals surface area contributed by atoms with Gasteiger partial charge in [0.25, 0.3) is 0 Å². The van der Waals surface area contributed by atoms with Crippen molar-refractivity contribution in [3.63, 3.8) is 0 Å². The number of nitrogens with zero attached hydrogens (tertiary/aromatic N) is 1. The van der Waals surface area contributed by atoms with Crippen LogP contribution in [0.3, 0.4) is 0 Å². The van der Waals surface area contributed by atoms with Crippen LogP contribution in [0.1, 0.15) is 30.9 Å².